The van der Waals surface area contributed by atoms with Crippen molar-refractivity contribution in [2.45, 2.75) is 0 Å². The van der Waals surface area contributed by atoms with Crippen LogP contribution in [0.1, 0.15) is 0 Å². The second kappa shape index (κ2) is 7.67. The Morgan fingerprint density at radius 1 is 1.19 bits per heavy atom. The summed E-state index contributed by atoms with van der Waals surface area (Å²) in [6.07, 6.45) is 1.27. The van der Waals surface area contributed by atoms with Crippen LogP contribution in [0.3, 0.4) is 0 Å². The lowest BCUT2D eigenvalue weighted by molar-refractivity contribution is -0.131. The molecule has 162 valence electrons. The Morgan fingerprint density at radius 3 is 2.75 bits per heavy atom. The number of halogens is 1. The van der Waals surface area contributed by atoms with Gasteiger partial charge in [-0.1, -0.05) is 30.8 Å². The van der Waals surface area contributed by atoms with Gasteiger partial charge in [-0.25, -0.2) is 4.39 Å². The molecule has 1 fully saturated rings. The van der Waals surface area contributed by atoms with E-state index in [9.17, 15) is 14.7 Å². The van der Waals surface area contributed by atoms with E-state index in [1.165, 1.54) is 17.0 Å². The van der Waals surface area contributed by atoms with E-state index in [4.69, 9.17) is 4.74 Å². The second-order valence-electron chi connectivity index (χ2n) is 8.10. The lowest BCUT2D eigenvalue weighted by Crippen LogP contribution is -2.55. The average molecular weight is 432 g/mol. The quantitative estimate of drug-likeness (QED) is 0.638. The number of hydrogen-bond acceptors (Lipinski definition) is 4. The Kier molecular flexibility index (Phi) is 4.81. The number of carbonyl (C=O) groups is 2. The van der Waals surface area contributed by atoms with Crippen LogP contribution in [-0.4, -0.2) is 48.1 Å². The van der Waals surface area contributed by atoms with Crippen LogP contribution in [0.25, 0.3) is 21.9 Å². The second-order valence-corrected chi connectivity index (χ2v) is 8.10. The maximum absolute atomic E-state index is 15.6. The van der Waals surface area contributed by atoms with Crippen molar-refractivity contribution in [2.24, 2.45) is 5.92 Å². The monoisotopic (exact) mass is 432 g/mol. The molecule has 3 aromatic rings. The molecular weight excluding hydrogens is 411 g/mol. The third-order valence-electron chi connectivity index (χ3n) is 6.03. The fraction of sp³-hybridized carbons (Fsp3) is 0.200. The highest BCUT2D eigenvalue weighted by molar-refractivity contribution is 6.01. The van der Waals surface area contributed by atoms with Crippen molar-refractivity contribution in [1.82, 2.24) is 4.90 Å². The number of phenols is 1. The number of carbonyl (C=O) groups excluding carboxylic acids is 2. The highest BCUT2D eigenvalue weighted by atomic mass is 19.1. The minimum absolute atomic E-state index is 0.0212. The third kappa shape index (κ3) is 3.26. The zero-order valence-corrected chi connectivity index (χ0v) is 17.3. The number of hydrogen-bond donors (Lipinski definition) is 1. The molecule has 3 aromatic carbocycles. The molecule has 2 aliphatic rings. The summed E-state index contributed by atoms with van der Waals surface area (Å²) in [5.74, 6) is -0.797. The van der Waals surface area contributed by atoms with E-state index >= 15 is 4.39 Å². The van der Waals surface area contributed by atoms with E-state index in [1.807, 2.05) is 24.3 Å². The van der Waals surface area contributed by atoms with Crippen LogP contribution in [-0.2, 0) is 9.59 Å². The van der Waals surface area contributed by atoms with Crippen molar-refractivity contribution in [3.8, 4) is 22.6 Å². The van der Waals surface area contributed by atoms with Crippen LogP contribution in [0.15, 0.2) is 61.2 Å². The van der Waals surface area contributed by atoms with Crippen molar-refractivity contribution >= 4 is 28.3 Å². The van der Waals surface area contributed by atoms with Crippen LogP contribution in [0.2, 0.25) is 0 Å². The van der Waals surface area contributed by atoms with Crippen LogP contribution >= 0.6 is 0 Å². The number of fused-ring (bicyclic) bond motifs is 2. The molecule has 6 nitrogen and oxygen atoms in total. The molecule has 5 rings (SSSR count). The minimum atomic E-state index is -0.576. The number of nitrogens with zero attached hydrogens (tertiary/aromatic N) is 2. The Morgan fingerprint density at radius 2 is 1.97 bits per heavy atom. The van der Waals surface area contributed by atoms with Crippen LogP contribution < -0.4 is 9.64 Å². The number of anilines is 1. The molecule has 7 heteroatoms. The summed E-state index contributed by atoms with van der Waals surface area (Å²) in [7, 11) is 0. The van der Waals surface area contributed by atoms with Crippen LogP contribution in [0.4, 0.5) is 10.1 Å². The Balaban J connectivity index is 1.49. The fourth-order valence-electron chi connectivity index (χ4n) is 4.42. The number of rotatable bonds is 4. The van der Waals surface area contributed by atoms with Gasteiger partial charge in [0.1, 0.15) is 5.75 Å². The Labute approximate surface area is 184 Å². The lowest BCUT2D eigenvalue weighted by atomic mass is 9.95. The zero-order valence-electron chi connectivity index (χ0n) is 17.3. The number of ether oxygens (including phenoxy) is 1. The van der Waals surface area contributed by atoms with Gasteiger partial charge in [0.25, 0.3) is 5.91 Å². The normalized spacial score (nSPS) is 15.8. The van der Waals surface area contributed by atoms with Gasteiger partial charge in [0.15, 0.2) is 18.2 Å². The van der Waals surface area contributed by atoms with Gasteiger partial charge in [0.05, 0.1) is 5.69 Å². The molecule has 1 N–H and O–H groups in total. The highest BCUT2D eigenvalue weighted by Crippen LogP contribution is 2.42. The molecule has 0 spiro atoms. The molecule has 32 heavy (non-hydrogen) atoms. The molecule has 0 bridgehead atoms. The van der Waals surface area contributed by atoms with E-state index in [1.54, 1.807) is 23.1 Å². The summed E-state index contributed by atoms with van der Waals surface area (Å²) in [6.45, 7) is 4.67. The van der Waals surface area contributed by atoms with Crippen molar-refractivity contribution in [3.63, 3.8) is 0 Å². The standard InChI is InChI=1S/C25H21FN2O4/c1-2-22(30)27-11-15(12-27)13-28-21-8-7-19(24(26)25(21)32-14-23(28)31)20-10-17(29)9-16-5-3-4-6-18(16)20/h2-10,15,29H,1,11-14H2. The molecule has 1 saturated heterocycles. The molecule has 0 atom stereocenters. The molecule has 2 amide bonds. The van der Waals surface area contributed by atoms with Gasteiger partial charge in [0.2, 0.25) is 5.91 Å². The molecule has 0 aliphatic carbocycles. The van der Waals surface area contributed by atoms with Crippen molar-refractivity contribution in [1.29, 1.82) is 0 Å². The van der Waals surface area contributed by atoms with Gasteiger partial charge in [-0.15, -0.1) is 0 Å². The summed E-state index contributed by atoms with van der Waals surface area (Å²) >= 11 is 0. The first-order chi connectivity index (χ1) is 15.5. The summed E-state index contributed by atoms with van der Waals surface area (Å²) in [6, 6.07) is 13.9. The minimum Gasteiger partial charge on any atom is -0.508 e. The van der Waals surface area contributed by atoms with Gasteiger partial charge < -0.3 is 19.6 Å². The molecule has 2 heterocycles. The van der Waals surface area contributed by atoms with E-state index in [2.05, 4.69) is 6.58 Å². The topological polar surface area (TPSA) is 70.1 Å². The van der Waals surface area contributed by atoms with Gasteiger partial charge >= 0.3 is 0 Å². The number of aromatic hydroxyl groups is 1. The zero-order chi connectivity index (χ0) is 22.4. The van der Waals surface area contributed by atoms with Gasteiger partial charge in [0, 0.05) is 31.1 Å². The molecule has 0 aromatic heterocycles. The maximum atomic E-state index is 15.6. The van der Waals surface area contributed by atoms with Crippen molar-refractivity contribution in [3.05, 3.63) is 67.0 Å². The number of benzene rings is 3. The predicted octanol–water partition coefficient (Wildman–Crippen LogP) is 3.72. The predicted molar refractivity (Wildman–Crippen MR) is 119 cm³/mol. The fourth-order valence-corrected chi connectivity index (χ4v) is 4.42. The van der Waals surface area contributed by atoms with E-state index in [-0.39, 0.29) is 41.4 Å². The van der Waals surface area contributed by atoms with E-state index in [0.717, 1.165) is 10.8 Å². The average Bonchev–Trinajstić information content (AvgIpc) is 2.76. The van der Waals surface area contributed by atoms with Gasteiger partial charge in [-0.2, -0.15) is 0 Å². The van der Waals surface area contributed by atoms with Gasteiger partial charge in [-0.05, 0) is 46.7 Å². The summed E-state index contributed by atoms with van der Waals surface area (Å²) in [4.78, 5) is 27.4. The van der Waals surface area contributed by atoms with Crippen LogP contribution in [0.5, 0.6) is 11.5 Å². The maximum Gasteiger partial charge on any atom is 0.265 e. The van der Waals surface area contributed by atoms with Crippen molar-refractivity contribution < 1.29 is 23.8 Å². The summed E-state index contributed by atoms with van der Waals surface area (Å²) in [5.41, 5.74) is 1.21. The first-order valence-corrected chi connectivity index (χ1v) is 10.4. The molecule has 0 saturated carbocycles. The van der Waals surface area contributed by atoms with Crippen molar-refractivity contribution in [2.75, 3.05) is 31.1 Å². The number of phenolic OH excluding ortho intramolecular Hbond substituents is 1. The summed E-state index contributed by atoms with van der Waals surface area (Å²) in [5, 5.41) is 11.7. The smallest absolute Gasteiger partial charge is 0.265 e. The lowest BCUT2D eigenvalue weighted by Gasteiger charge is -2.42. The molecular formula is C25H21FN2O4. The number of likely N-dealkylation sites (tertiary alicyclic amines) is 1. The number of amides is 2. The highest BCUT2D eigenvalue weighted by Gasteiger charge is 2.36. The van der Waals surface area contributed by atoms with E-state index < -0.39 is 5.82 Å². The first-order valence-electron chi connectivity index (χ1n) is 10.4. The van der Waals surface area contributed by atoms with E-state index in [0.29, 0.717) is 30.9 Å². The molecule has 2 aliphatic heterocycles. The summed E-state index contributed by atoms with van der Waals surface area (Å²) < 4.78 is 21.1. The van der Waals surface area contributed by atoms with Crippen LogP contribution in [0, 0.1) is 11.7 Å². The Bertz CT molecular complexity index is 1270. The van der Waals surface area contributed by atoms with Gasteiger partial charge in [-0.3, -0.25) is 9.59 Å². The molecule has 0 radical (unpaired) electrons. The third-order valence-corrected chi connectivity index (χ3v) is 6.03. The largest absolute Gasteiger partial charge is 0.508 e. The molecule has 0 unspecified atom stereocenters. The first kappa shape index (κ1) is 20.1. The Hall–Kier alpha value is -3.87. The SMILES string of the molecule is C=CC(=O)N1CC(CN2C(=O)COc3c2ccc(-c2cc(O)cc4ccccc24)c3F)C1.